The quantitative estimate of drug-likeness (QED) is 0.531. The summed E-state index contributed by atoms with van der Waals surface area (Å²) in [5, 5.41) is 0.430. The molecule has 0 bridgehead atoms. The van der Waals surface area contributed by atoms with E-state index < -0.39 is 0 Å². The molecule has 0 N–H and O–H groups in total. The average Bonchev–Trinajstić information content (AvgIpc) is 1.60. The molecule has 0 amide bonds. The van der Waals surface area contributed by atoms with Crippen molar-refractivity contribution in [2.75, 3.05) is 7.05 Å². The highest BCUT2D eigenvalue weighted by Gasteiger charge is 2.17. The van der Waals surface area contributed by atoms with Gasteiger partial charge in [-0.1, -0.05) is 34.6 Å². The fourth-order valence-electron chi connectivity index (χ4n) is 0.931. The predicted molar refractivity (Wildman–Crippen MR) is 49.8 cm³/mol. The van der Waals surface area contributed by atoms with E-state index in [0.29, 0.717) is 11.4 Å². The van der Waals surface area contributed by atoms with Crippen molar-refractivity contribution in [1.82, 2.24) is 4.81 Å². The molecule has 0 aliphatic rings. The Hall–Kier alpha value is 0.0249. The van der Waals surface area contributed by atoms with Crippen LogP contribution in [-0.4, -0.2) is 25.3 Å². The first-order valence-corrected chi connectivity index (χ1v) is 4.03. The maximum Gasteiger partial charge on any atom is 0.209 e. The fraction of sp³-hybridized carbons (Fsp3) is 1.00. The third-order valence-corrected chi connectivity index (χ3v) is 1.61. The predicted octanol–water partition coefficient (Wildman–Crippen LogP) is 1.90. The van der Waals surface area contributed by atoms with Gasteiger partial charge in [-0.15, -0.1) is 0 Å². The first-order chi connectivity index (χ1) is 4.33. The highest BCUT2D eigenvalue weighted by molar-refractivity contribution is 6.36. The van der Waals surface area contributed by atoms with Crippen molar-refractivity contribution in [3.63, 3.8) is 0 Å². The van der Waals surface area contributed by atoms with Crippen molar-refractivity contribution < 1.29 is 0 Å². The Morgan fingerprint density at radius 2 is 1.60 bits per heavy atom. The molecule has 10 heavy (non-hydrogen) atoms. The smallest absolute Gasteiger partial charge is 0.209 e. The molecule has 2 heteroatoms. The standard InChI is InChI=1S/C8H20BN/c1-7(2)10(6)9-8(3,4)5/h7,9H,1-6H3. The minimum absolute atomic E-state index is 0.430. The molecule has 0 aromatic rings. The van der Waals surface area contributed by atoms with Crippen LogP contribution in [-0.2, 0) is 0 Å². The van der Waals surface area contributed by atoms with Crippen LogP contribution in [0.25, 0.3) is 0 Å². The normalized spacial score (nSPS) is 12.8. The maximum absolute atomic E-state index is 2.38. The number of hydrogen-bond donors (Lipinski definition) is 0. The highest BCUT2D eigenvalue weighted by atomic mass is 15.0. The Labute approximate surface area is 66.1 Å². The van der Waals surface area contributed by atoms with Gasteiger partial charge in [0.2, 0.25) is 7.41 Å². The summed E-state index contributed by atoms with van der Waals surface area (Å²) in [7, 11) is 3.35. The summed E-state index contributed by atoms with van der Waals surface area (Å²) in [6.07, 6.45) is 0. The van der Waals surface area contributed by atoms with E-state index in [9.17, 15) is 0 Å². The van der Waals surface area contributed by atoms with Gasteiger partial charge in [0.1, 0.15) is 0 Å². The van der Waals surface area contributed by atoms with Crippen LogP contribution in [0.1, 0.15) is 34.6 Å². The molecule has 0 spiro atoms. The lowest BCUT2D eigenvalue weighted by molar-refractivity contribution is 0.425. The van der Waals surface area contributed by atoms with E-state index in [0.717, 1.165) is 0 Å². The molecule has 0 unspecified atom stereocenters. The summed E-state index contributed by atoms with van der Waals surface area (Å²) in [6.45, 7) is 11.3. The zero-order valence-electron chi connectivity index (χ0n) is 8.23. The summed E-state index contributed by atoms with van der Waals surface area (Å²) in [5.74, 6) is 0. The molecular formula is C8H20BN. The van der Waals surface area contributed by atoms with Gasteiger partial charge in [-0.3, -0.25) is 0 Å². The van der Waals surface area contributed by atoms with Gasteiger partial charge in [-0.25, -0.2) is 0 Å². The van der Waals surface area contributed by atoms with Crippen LogP contribution in [0, 0.1) is 0 Å². The van der Waals surface area contributed by atoms with Gasteiger partial charge in [0.15, 0.2) is 0 Å². The van der Waals surface area contributed by atoms with Gasteiger partial charge < -0.3 is 4.81 Å². The molecule has 0 fully saturated rings. The second-order valence-corrected chi connectivity index (χ2v) is 4.57. The molecule has 0 saturated carbocycles. The molecule has 1 nitrogen and oxygen atoms in total. The summed E-state index contributed by atoms with van der Waals surface area (Å²) in [4.78, 5) is 2.38. The SMILES string of the molecule is CC(C)N(C)BC(C)(C)C. The van der Waals surface area contributed by atoms with Crippen molar-refractivity contribution in [1.29, 1.82) is 0 Å². The van der Waals surface area contributed by atoms with Crippen LogP contribution in [0.4, 0.5) is 0 Å². The molecule has 0 aromatic heterocycles. The molecule has 0 atom stereocenters. The van der Waals surface area contributed by atoms with Crippen LogP contribution in [0.2, 0.25) is 5.31 Å². The summed E-state index contributed by atoms with van der Waals surface area (Å²) >= 11 is 0. The van der Waals surface area contributed by atoms with Gasteiger partial charge in [-0.2, -0.15) is 0 Å². The third kappa shape index (κ3) is 4.86. The number of rotatable bonds is 2. The Morgan fingerprint density at radius 3 is 1.70 bits per heavy atom. The lowest BCUT2D eigenvalue weighted by atomic mass is 9.63. The van der Waals surface area contributed by atoms with E-state index in [4.69, 9.17) is 0 Å². The van der Waals surface area contributed by atoms with Gasteiger partial charge in [0.05, 0.1) is 0 Å². The van der Waals surface area contributed by atoms with E-state index in [-0.39, 0.29) is 0 Å². The Kier molecular flexibility index (Phi) is 3.43. The second-order valence-electron chi connectivity index (χ2n) is 4.57. The Morgan fingerprint density at radius 1 is 1.20 bits per heavy atom. The highest BCUT2D eigenvalue weighted by Crippen LogP contribution is 2.21. The number of hydrogen-bond acceptors (Lipinski definition) is 1. The lowest BCUT2D eigenvalue weighted by Crippen LogP contribution is -2.35. The van der Waals surface area contributed by atoms with Crippen LogP contribution in [0.15, 0.2) is 0 Å². The minimum Gasteiger partial charge on any atom is -0.345 e. The lowest BCUT2D eigenvalue weighted by Gasteiger charge is -2.27. The van der Waals surface area contributed by atoms with Crippen LogP contribution in [0.3, 0.4) is 0 Å². The zero-order chi connectivity index (χ0) is 8.36. The van der Waals surface area contributed by atoms with Crippen molar-refractivity contribution in [3.05, 3.63) is 0 Å². The van der Waals surface area contributed by atoms with Crippen LogP contribution < -0.4 is 0 Å². The van der Waals surface area contributed by atoms with E-state index >= 15 is 0 Å². The van der Waals surface area contributed by atoms with E-state index in [2.05, 4.69) is 46.5 Å². The molecule has 0 aliphatic heterocycles. The van der Waals surface area contributed by atoms with Gasteiger partial charge in [-0.05, 0) is 18.4 Å². The van der Waals surface area contributed by atoms with Crippen LogP contribution >= 0.6 is 0 Å². The number of nitrogens with zero attached hydrogens (tertiary/aromatic N) is 1. The molecule has 0 aliphatic carbocycles. The first kappa shape index (κ1) is 10.0. The zero-order valence-corrected chi connectivity index (χ0v) is 8.23. The Bertz CT molecular complexity index is 93.9. The second kappa shape index (κ2) is 3.43. The van der Waals surface area contributed by atoms with Crippen molar-refractivity contribution in [3.8, 4) is 0 Å². The van der Waals surface area contributed by atoms with Crippen LogP contribution in [0.5, 0.6) is 0 Å². The molecule has 0 rings (SSSR count). The van der Waals surface area contributed by atoms with Crippen molar-refractivity contribution in [2.24, 2.45) is 0 Å². The molecule has 0 heterocycles. The third-order valence-electron chi connectivity index (χ3n) is 1.61. The first-order valence-electron chi connectivity index (χ1n) is 4.03. The maximum atomic E-state index is 2.38. The monoisotopic (exact) mass is 141 g/mol. The fourth-order valence-corrected chi connectivity index (χ4v) is 0.931. The van der Waals surface area contributed by atoms with Crippen molar-refractivity contribution >= 4 is 7.41 Å². The summed E-state index contributed by atoms with van der Waals surface area (Å²) < 4.78 is 0. The molecular weight excluding hydrogens is 121 g/mol. The minimum atomic E-state index is 0.430. The topological polar surface area (TPSA) is 3.24 Å². The molecule has 0 radical (unpaired) electrons. The van der Waals surface area contributed by atoms with Gasteiger partial charge in [0.25, 0.3) is 0 Å². The van der Waals surface area contributed by atoms with Gasteiger partial charge in [0, 0.05) is 0 Å². The van der Waals surface area contributed by atoms with E-state index in [1.807, 2.05) is 0 Å². The molecule has 0 aromatic carbocycles. The Balaban J connectivity index is 3.68. The van der Waals surface area contributed by atoms with E-state index in [1.54, 1.807) is 0 Å². The average molecular weight is 141 g/mol. The largest absolute Gasteiger partial charge is 0.345 e. The summed E-state index contributed by atoms with van der Waals surface area (Å²) in [6, 6.07) is 0.666. The van der Waals surface area contributed by atoms with Gasteiger partial charge >= 0.3 is 0 Å². The summed E-state index contributed by atoms with van der Waals surface area (Å²) in [5.41, 5.74) is 0. The molecule has 0 saturated heterocycles. The van der Waals surface area contributed by atoms with E-state index in [1.165, 1.54) is 7.41 Å². The van der Waals surface area contributed by atoms with Crippen molar-refractivity contribution in [2.45, 2.75) is 46.0 Å². The molecule has 60 valence electrons.